The van der Waals surface area contributed by atoms with Crippen LogP contribution in [-0.2, 0) is 11.5 Å². The molecule has 19 heavy (non-hydrogen) atoms. The van der Waals surface area contributed by atoms with Gasteiger partial charge in [0.05, 0.1) is 0 Å². The molecule has 0 atom stereocenters. The van der Waals surface area contributed by atoms with E-state index < -0.39 is 8.07 Å². The van der Waals surface area contributed by atoms with E-state index in [1.54, 1.807) is 0 Å². The maximum Gasteiger partial charge on any atom is 0.206 e. The average Bonchev–Trinajstić information content (AvgIpc) is 2.59. The molecule has 0 bridgehead atoms. The lowest BCUT2D eigenvalue weighted by Gasteiger charge is -2.15. The van der Waals surface area contributed by atoms with Crippen LogP contribution in [-0.4, -0.2) is 29.2 Å². The Labute approximate surface area is 132 Å². The van der Waals surface area contributed by atoms with Gasteiger partial charge in [0.25, 0.3) is 0 Å². The van der Waals surface area contributed by atoms with Gasteiger partial charge in [-0.2, -0.15) is 0 Å². The minimum Gasteiger partial charge on any atom is -0.361 e. The van der Waals surface area contributed by atoms with E-state index in [1.165, 1.54) is 0 Å². The second-order valence-corrected chi connectivity index (χ2v) is 12.7. The molecular formula is C12H17ClIN3OSi. The Balaban J connectivity index is 2.08. The van der Waals surface area contributed by atoms with Gasteiger partial charge in [-0.25, -0.2) is 9.97 Å². The van der Waals surface area contributed by atoms with Crippen molar-refractivity contribution in [3.05, 3.63) is 21.1 Å². The first-order chi connectivity index (χ1) is 8.87. The molecule has 0 aliphatic carbocycles. The van der Waals surface area contributed by atoms with Crippen LogP contribution in [0.4, 0.5) is 0 Å². The maximum absolute atomic E-state index is 6.13. The molecule has 0 spiro atoms. The Kier molecular flexibility index (Phi) is 4.86. The molecule has 0 aromatic carbocycles. The molecule has 104 valence electrons. The fourth-order valence-corrected chi connectivity index (χ4v) is 2.98. The van der Waals surface area contributed by atoms with Crippen LogP contribution in [0.3, 0.4) is 0 Å². The van der Waals surface area contributed by atoms with Crippen LogP contribution in [0.5, 0.6) is 0 Å². The van der Waals surface area contributed by atoms with Gasteiger partial charge < -0.3 is 4.74 Å². The predicted molar refractivity (Wildman–Crippen MR) is 89.4 cm³/mol. The predicted octanol–water partition coefficient (Wildman–Crippen LogP) is 4.00. The van der Waals surface area contributed by atoms with E-state index in [2.05, 4.69) is 52.2 Å². The second-order valence-electron chi connectivity index (χ2n) is 5.63. The summed E-state index contributed by atoms with van der Waals surface area (Å²) in [5.74, 6) is 0. The van der Waals surface area contributed by atoms with Crippen molar-refractivity contribution in [3.8, 4) is 0 Å². The van der Waals surface area contributed by atoms with Gasteiger partial charge in [-0.15, -0.1) is 0 Å². The molecule has 2 aromatic heterocycles. The lowest BCUT2D eigenvalue weighted by Crippen LogP contribution is -2.22. The van der Waals surface area contributed by atoms with Gasteiger partial charge in [0.1, 0.15) is 15.9 Å². The molecule has 0 aliphatic rings. The smallest absolute Gasteiger partial charge is 0.206 e. The van der Waals surface area contributed by atoms with Gasteiger partial charge in [0.2, 0.25) is 5.28 Å². The van der Waals surface area contributed by atoms with Crippen LogP contribution in [0.1, 0.15) is 0 Å². The molecule has 7 heteroatoms. The minimum atomic E-state index is -1.06. The zero-order valence-corrected chi connectivity index (χ0v) is 15.2. The normalized spacial score (nSPS) is 12.3. The van der Waals surface area contributed by atoms with Gasteiger partial charge in [-0.3, -0.25) is 4.57 Å². The molecule has 0 unspecified atom stereocenters. The largest absolute Gasteiger partial charge is 0.361 e. The van der Waals surface area contributed by atoms with E-state index in [9.17, 15) is 0 Å². The molecule has 4 nitrogen and oxygen atoms in total. The van der Waals surface area contributed by atoms with Crippen molar-refractivity contribution in [2.24, 2.45) is 0 Å². The highest BCUT2D eigenvalue weighted by Crippen LogP contribution is 2.19. The molecule has 0 radical (unpaired) electrons. The first kappa shape index (κ1) is 15.2. The first-order valence-electron chi connectivity index (χ1n) is 6.13. The number of pyridine rings is 1. The molecule has 0 fully saturated rings. The van der Waals surface area contributed by atoms with Crippen molar-refractivity contribution in [1.29, 1.82) is 0 Å². The number of ether oxygens (including phenoxy) is 1. The number of fused-ring (bicyclic) bond motifs is 1. The summed E-state index contributed by atoms with van der Waals surface area (Å²) in [6.45, 7) is 8.17. The molecule has 0 N–H and O–H groups in total. The number of imidazole rings is 1. The van der Waals surface area contributed by atoms with Gasteiger partial charge >= 0.3 is 0 Å². The molecule has 0 saturated heterocycles. The lowest BCUT2D eigenvalue weighted by molar-refractivity contribution is 0.0897. The van der Waals surface area contributed by atoms with E-state index >= 15 is 0 Å². The highest BCUT2D eigenvalue weighted by molar-refractivity contribution is 14.1. The minimum absolute atomic E-state index is 0.410. The third kappa shape index (κ3) is 4.14. The summed E-state index contributed by atoms with van der Waals surface area (Å²) in [5, 5.41) is 0.428. The summed E-state index contributed by atoms with van der Waals surface area (Å²) in [4.78, 5) is 8.73. The van der Waals surface area contributed by atoms with Crippen LogP contribution in [0.25, 0.3) is 11.2 Å². The zero-order chi connectivity index (χ0) is 14.0. The quantitative estimate of drug-likeness (QED) is 0.324. The number of halogens is 2. The second kappa shape index (κ2) is 6.07. The van der Waals surface area contributed by atoms with Crippen LogP contribution in [0, 0.1) is 3.70 Å². The van der Waals surface area contributed by atoms with Crippen molar-refractivity contribution in [2.75, 3.05) is 6.61 Å². The van der Waals surface area contributed by atoms with Crippen molar-refractivity contribution in [1.82, 2.24) is 14.5 Å². The zero-order valence-electron chi connectivity index (χ0n) is 11.3. The third-order valence-corrected chi connectivity index (χ3v) is 5.32. The van der Waals surface area contributed by atoms with Crippen LogP contribution in [0.15, 0.2) is 12.1 Å². The summed E-state index contributed by atoms with van der Waals surface area (Å²) >= 11 is 8.31. The molecule has 0 amide bonds. The summed E-state index contributed by atoms with van der Waals surface area (Å²) in [6.07, 6.45) is 0. The lowest BCUT2D eigenvalue weighted by atomic mass is 10.4. The third-order valence-electron chi connectivity index (χ3n) is 2.73. The summed E-state index contributed by atoms with van der Waals surface area (Å²) in [6, 6.07) is 4.99. The number of nitrogens with zero attached hydrogens (tertiary/aromatic N) is 3. The Morgan fingerprint density at radius 3 is 2.74 bits per heavy atom. The Hall–Kier alpha value is -0.183. The van der Waals surface area contributed by atoms with Crippen LogP contribution < -0.4 is 0 Å². The van der Waals surface area contributed by atoms with E-state index in [1.807, 2.05) is 16.7 Å². The topological polar surface area (TPSA) is 39.9 Å². The maximum atomic E-state index is 6.13. The van der Waals surface area contributed by atoms with E-state index in [-0.39, 0.29) is 0 Å². The number of hydrogen-bond acceptors (Lipinski definition) is 3. The van der Waals surface area contributed by atoms with E-state index in [0.717, 1.165) is 27.5 Å². The summed E-state index contributed by atoms with van der Waals surface area (Å²) < 4.78 is 8.44. The fourth-order valence-electron chi connectivity index (χ4n) is 1.60. The molecule has 2 rings (SSSR count). The number of hydrogen-bond donors (Lipinski definition) is 0. The highest BCUT2D eigenvalue weighted by atomic mass is 127. The van der Waals surface area contributed by atoms with Crippen molar-refractivity contribution in [3.63, 3.8) is 0 Å². The molecule has 2 aromatic rings. The standard InChI is InChI=1S/C12H17ClIN3OSi/c1-19(2,3)7-6-18-8-17-11-9(15-12(17)13)4-5-10(14)16-11/h4-5H,6-8H2,1-3H3. The number of rotatable bonds is 5. The van der Waals surface area contributed by atoms with Crippen LogP contribution >= 0.6 is 34.2 Å². The Morgan fingerprint density at radius 2 is 2.05 bits per heavy atom. The fraction of sp³-hybridized carbons (Fsp3) is 0.500. The van der Waals surface area contributed by atoms with Crippen molar-refractivity contribution in [2.45, 2.75) is 32.4 Å². The molecule has 0 aliphatic heterocycles. The van der Waals surface area contributed by atoms with Gasteiger partial charge in [-0.1, -0.05) is 19.6 Å². The SMILES string of the molecule is C[Si](C)(C)CCOCn1c(Cl)nc2ccc(I)nc21. The van der Waals surface area contributed by atoms with Crippen LogP contribution in [0.2, 0.25) is 31.0 Å². The first-order valence-corrected chi connectivity index (χ1v) is 11.3. The summed E-state index contributed by atoms with van der Waals surface area (Å²) in [7, 11) is -1.06. The monoisotopic (exact) mass is 409 g/mol. The van der Waals surface area contributed by atoms with E-state index in [4.69, 9.17) is 16.3 Å². The Morgan fingerprint density at radius 1 is 1.32 bits per heavy atom. The van der Waals surface area contributed by atoms with Crippen molar-refractivity contribution < 1.29 is 4.74 Å². The average molecular weight is 410 g/mol. The number of aromatic nitrogens is 3. The molecular weight excluding hydrogens is 393 g/mol. The molecule has 0 saturated carbocycles. The molecule has 2 heterocycles. The van der Waals surface area contributed by atoms with Gasteiger partial charge in [-0.05, 0) is 52.4 Å². The van der Waals surface area contributed by atoms with Gasteiger partial charge in [0, 0.05) is 14.7 Å². The van der Waals surface area contributed by atoms with Crippen molar-refractivity contribution >= 4 is 53.4 Å². The summed E-state index contributed by atoms with van der Waals surface area (Å²) in [5.41, 5.74) is 1.59. The van der Waals surface area contributed by atoms with E-state index in [0.29, 0.717) is 12.0 Å². The van der Waals surface area contributed by atoms with Gasteiger partial charge in [0.15, 0.2) is 5.65 Å². The Bertz CT molecular complexity index is 582. The highest BCUT2D eigenvalue weighted by Gasteiger charge is 2.14.